The molecule has 3 aromatic rings. The summed E-state index contributed by atoms with van der Waals surface area (Å²) in [5.41, 5.74) is 6.38. The van der Waals surface area contributed by atoms with Gasteiger partial charge in [0.05, 0.1) is 11.1 Å². The van der Waals surface area contributed by atoms with Gasteiger partial charge in [0.2, 0.25) is 0 Å². The first-order valence-electron chi connectivity index (χ1n) is 9.61. The lowest BCUT2D eigenvalue weighted by atomic mass is 10.0. The van der Waals surface area contributed by atoms with Crippen molar-refractivity contribution in [2.24, 2.45) is 0 Å². The molecule has 1 amide bonds. The number of anilines is 1. The lowest BCUT2D eigenvalue weighted by molar-refractivity contribution is 0.0748. The molecule has 144 valence electrons. The van der Waals surface area contributed by atoms with Crippen molar-refractivity contribution in [2.75, 3.05) is 31.1 Å². The number of hydrogen-bond acceptors (Lipinski definition) is 3. The minimum absolute atomic E-state index is 0.0919. The number of halogens is 1. The van der Waals surface area contributed by atoms with Gasteiger partial charge in [-0.1, -0.05) is 28.1 Å². The van der Waals surface area contributed by atoms with Crippen LogP contribution in [0.2, 0.25) is 0 Å². The third-order valence-corrected chi connectivity index (χ3v) is 6.11. The summed E-state index contributed by atoms with van der Waals surface area (Å²) in [4.78, 5) is 22.2. The second-order valence-electron chi connectivity index (χ2n) is 7.47. The normalized spacial score (nSPS) is 14.6. The van der Waals surface area contributed by atoms with E-state index in [9.17, 15) is 4.79 Å². The van der Waals surface area contributed by atoms with Crippen molar-refractivity contribution in [3.05, 3.63) is 69.3 Å². The highest BCUT2D eigenvalue weighted by atomic mass is 79.9. The molecule has 5 heteroatoms. The minimum Gasteiger partial charge on any atom is -0.368 e. The van der Waals surface area contributed by atoms with Gasteiger partial charge >= 0.3 is 0 Å². The maximum absolute atomic E-state index is 13.3. The monoisotopic (exact) mass is 437 g/mol. The molecule has 1 saturated heterocycles. The van der Waals surface area contributed by atoms with Crippen molar-refractivity contribution in [3.8, 4) is 0 Å². The zero-order chi connectivity index (χ0) is 19.8. The number of carbonyl (C=O) groups excluding carboxylic acids is 1. The van der Waals surface area contributed by atoms with Crippen LogP contribution in [0.4, 0.5) is 5.69 Å². The zero-order valence-corrected chi connectivity index (χ0v) is 18.1. The maximum Gasteiger partial charge on any atom is 0.254 e. The van der Waals surface area contributed by atoms with E-state index in [2.05, 4.69) is 57.9 Å². The number of hydrogen-bond donors (Lipinski definition) is 0. The zero-order valence-electron chi connectivity index (χ0n) is 16.5. The Morgan fingerprint density at radius 2 is 1.75 bits per heavy atom. The second-order valence-corrected chi connectivity index (χ2v) is 8.39. The lowest BCUT2D eigenvalue weighted by Crippen LogP contribution is -2.49. The highest BCUT2D eigenvalue weighted by Crippen LogP contribution is 2.26. The molecule has 4 rings (SSSR count). The Bertz CT molecular complexity index is 1060. The van der Waals surface area contributed by atoms with Gasteiger partial charge < -0.3 is 9.80 Å². The summed E-state index contributed by atoms with van der Waals surface area (Å²) in [5.74, 6) is 0.0919. The molecule has 0 spiro atoms. The van der Waals surface area contributed by atoms with E-state index in [1.807, 2.05) is 36.1 Å². The third kappa shape index (κ3) is 3.51. The Labute approximate surface area is 174 Å². The van der Waals surface area contributed by atoms with Gasteiger partial charge in [-0.2, -0.15) is 0 Å². The molecule has 1 aliphatic heterocycles. The first-order valence-corrected chi connectivity index (χ1v) is 10.4. The van der Waals surface area contributed by atoms with Crippen LogP contribution >= 0.6 is 15.9 Å². The van der Waals surface area contributed by atoms with Crippen molar-refractivity contribution in [2.45, 2.75) is 20.8 Å². The van der Waals surface area contributed by atoms with Crippen LogP contribution in [0.1, 0.15) is 27.2 Å². The van der Waals surface area contributed by atoms with Gasteiger partial charge in [0.1, 0.15) is 0 Å². The summed E-state index contributed by atoms with van der Waals surface area (Å²) < 4.78 is 0.958. The Hall–Kier alpha value is -2.40. The fourth-order valence-electron chi connectivity index (χ4n) is 3.91. The molecule has 0 N–H and O–H groups in total. The fourth-order valence-corrected chi connectivity index (χ4v) is 4.27. The summed E-state index contributed by atoms with van der Waals surface area (Å²) in [6.07, 6.45) is 0. The maximum atomic E-state index is 13.3. The van der Waals surface area contributed by atoms with Crippen molar-refractivity contribution in [3.63, 3.8) is 0 Å². The summed E-state index contributed by atoms with van der Waals surface area (Å²) in [7, 11) is 0. The van der Waals surface area contributed by atoms with Gasteiger partial charge in [-0.3, -0.25) is 9.78 Å². The number of aromatic nitrogens is 1. The summed E-state index contributed by atoms with van der Waals surface area (Å²) in [5, 5.41) is 0.905. The van der Waals surface area contributed by atoms with E-state index in [0.29, 0.717) is 0 Å². The van der Waals surface area contributed by atoms with E-state index >= 15 is 0 Å². The van der Waals surface area contributed by atoms with Crippen LogP contribution in [-0.4, -0.2) is 42.0 Å². The topological polar surface area (TPSA) is 36.4 Å². The molecule has 4 nitrogen and oxygen atoms in total. The number of aryl methyl sites for hydroxylation is 2. The van der Waals surface area contributed by atoms with Gasteiger partial charge in [0, 0.05) is 47.4 Å². The number of pyridine rings is 1. The fraction of sp³-hybridized carbons (Fsp3) is 0.304. The number of fused-ring (bicyclic) bond motifs is 1. The van der Waals surface area contributed by atoms with Crippen LogP contribution in [0.25, 0.3) is 10.9 Å². The molecular formula is C23H24BrN3O. The summed E-state index contributed by atoms with van der Waals surface area (Å²) in [6.45, 7) is 9.41. The van der Waals surface area contributed by atoms with E-state index in [-0.39, 0.29) is 5.91 Å². The number of amides is 1. The van der Waals surface area contributed by atoms with Gasteiger partial charge in [0.15, 0.2) is 0 Å². The molecule has 28 heavy (non-hydrogen) atoms. The second kappa shape index (κ2) is 7.55. The SMILES string of the molecule is Cc1cc(C(=O)N2CCN(c3cccc(C)c3C)CC2)c2cc(Br)ccc2n1. The standard InChI is InChI=1S/C23H24BrN3O/c1-15-5-4-6-22(17(15)3)26-9-11-27(12-10-26)23(28)20-13-16(2)25-21-8-7-18(24)14-19(20)21/h4-8,13-14H,9-12H2,1-3H3. The molecule has 1 aliphatic rings. The van der Waals surface area contributed by atoms with E-state index in [1.54, 1.807) is 0 Å². The quantitative estimate of drug-likeness (QED) is 0.572. The number of benzene rings is 2. The molecule has 2 aromatic carbocycles. The van der Waals surface area contributed by atoms with E-state index in [0.717, 1.165) is 52.8 Å². The Morgan fingerprint density at radius 3 is 2.50 bits per heavy atom. The average Bonchev–Trinajstić information content (AvgIpc) is 2.69. The number of nitrogens with zero attached hydrogens (tertiary/aromatic N) is 3. The highest BCUT2D eigenvalue weighted by Gasteiger charge is 2.25. The van der Waals surface area contributed by atoms with Crippen LogP contribution in [0.3, 0.4) is 0 Å². The number of rotatable bonds is 2. The average molecular weight is 438 g/mol. The van der Waals surface area contributed by atoms with Crippen molar-refractivity contribution >= 4 is 38.4 Å². The van der Waals surface area contributed by atoms with Gasteiger partial charge in [-0.25, -0.2) is 0 Å². The molecule has 0 aliphatic carbocycles. The predicted molar refractivity (Wildman–Crippen MR) is 118 cm³/mol. The molecule has 0 radical (unpaired) electrons. The highest BCUT2D eigenvalue weighted by molar-refractivity contribution is 9.10. The smallest absolute Gasteiger partial charge is 0.254 e. The van der Waals surface area contributed by atoms with Crippen LogP contribution in [0, 0.1) is 20.8 Å². The van der Waals surface area contributed by atoms with Crippen molar-refractivity contribution < 1.29 is 4.79 Å². The summed E-state index contributed by atoms with van der Waals surface area (Å²) >= 11 is 3.52. The Morgan fingerprint density at radius 1 is 1.00 bits per heavy atom. The van der Waals surface area contributed by atoms with Gasteiger partial charge in [0.25, 0.3) is 5.91 Å². The molecule has 0 unspecified atom stereocenters. The predicted octanol–water partition coefficient (Wildman–Crippen LogP) is 4.88. The molecule has 0 saturated carbocycles. The van der Waals surface area contributed by atoms with E-state index < -0.39 is 0 Å². The van der Waals surface area contributed by atoms with Crippen molar-refractivity contribution in [1.29, 1.82) is 0 Å². The largest absolute Gasteiger partial charge is 0.368 e. The van der Waals surface area contributed by atoms with Gasteiger partial charge in [-0.15, -0.1) is 0 Å². The first-order chi connectivity index (χ1) is 13.4. The molecule has 1 fully saturated rings. The number of carbonyl (C=O) groups is 1. The molecule has 2 heterocycles. The first kappa shape index (κ1) is 18.9. The number of piperazine rings is 1. The van der Waals surface area contributed by atoms with Crippen molar-refractivity contribution in [1.82, 2.24) is 9.88 Å². The Kier molecular flexibility index (Phi) is 5.11. The minimum atomic E-state index is 0.0919. The molecule has 1 aromatic heterocycles. The van der Waals surface area contributed by atoms with E-state index in [4.69, 9.17) is 0 Å². The lowest BCUT2D eigenvalue weighted by Gasteiger charge is -2.37. The van der Waals surface area contributed by atoms with Crippen LogP contribution in [0.5, 0.6) is 0 Å². The molecule has 0 atom stereocenters. The van der Waals surface area contributed by atoms with Crippen LogP contribution in [0.15, 0.2) is 46.9 Å². The molecule has 0 bridgehead atoms. The summed E-state index contributed by atoms with van der Waals surface area (Å²) in [6, 6.07) is 14.3. The molecular weight excluding hydrogens is 414 g/mol. The third-order valence-electron chi connectivity index (χ3n) is 5.61. The van der Waals surface area contributed by atoms with Crippen LogP contribution < -0.4 is 4.90 Å². The van der Waals surface area contributed by atoms with Gasteiger partial charge in [-0.05, 0) is 62.2 Å². The van der Waals surface area contributed by atoms with Crippen LogP contribution in [-0.2, 0) is 0 Å². The Balaban J connectivity index is 1.57. The van der Waals surface area contributed by atoms with E-state index in [1.165, 1.54) is 16.8 Å².